The van der Waals surface area contributed by atoms with Crippen LogP contribution < -0.4 is 0 Å². The summed E-state index contributed by atoms with van der Waals surface area (Å²) in [6.45, 7) is 6.96. The fourth-order valence-electron chi connectivity index (χ4n) is 1.66. The molecule has 0 nitrogen and oxygen atoms in total. The molecule has 16 heavy (non-hydrogen) atoms. The van der Waals surface area contributed by atoms with Crippen LogP contribution in [-0.2, 0) is 14.5 Å². The average Bonchev–Trinajstić information content (AvgIpc) is 2.29. The van der Waals surface area contributed by atoms with Crippen LogP contribution in [0.5, 0.6) is 0 Å². The zero-order valence-corrected chi connectivity index (χ0v) is 17.4. The first-order chi connectivity index (χ1) is 7.76. The van der Waals surface area contributed by atoms with E-state index in [1.807, 2.05) is 0 Å². The second-order valence-electron chi connectivity index (χ2n) is 4.11. The average molecular weight is 558 g/mol. The molecule has 4 heteroatoms. The van der Waals surface area contributed by atoms with Crippen molar-refractivity contribution < 1.29 is 14.5 Å². The maximum atomic E-state index is 3.17. The summed E-state index contributed by atoms with van der Waals surface area (Å²) in [5.41, 5.74) is 0. The van der Waals surface area contributed by atoms with Gasteiger partial charge in [0.05, 0.1) is 18.5 Å². The summed E-state index contributed by atoms with van der Waals surface area (Å²) in [7, 11) is 0.0675. The van der Waals surface area contributed by atoms with E-state index in [1.165, 1.54) is 38.5 Å². The Morgan fingerprint density at radius 3 is 1.19 bits per heavy atom. The molecule has 0 aliphatic rings. The molecule has 0 spiro atoms. The molecule has 0 saturated carbocycles. The minimum absolute atomic E-state index is 0.0675. The van der Waals surface area contributed by atoms with Crippen LogP contribution in [0.2, 0.25) is 0 Å². The summed E-state index contributed by atoms with van der Waals surface area (Å²) in [5.74, 6) is 0. The Bertz CT molecular complexity index is 96.2. The Labute approximate surface area is 126 Å². The van der Waals surface area contributed by atoms with Gasteiger partial charge >= 0.3 is 41.0 Å². The van der Waals surface area contributed by atoms with Crippen molar-refractivity contribution in [2.24, 2.45) is 0 Å². The first-order valence-corrected chi connectivity index (χ1v) is 18.5. The topological polar surface area (TPSA) is 0 Å². The van der Waals surface area contributed by atoms with Crippen molar-refractivity contribution in [2.45, 2.75) is 59.3 Å². The molecule has 0 heterocycles. The molecule has 0 radical (unpaired) electrons. The third kappa shape index (κ3) is 18.4. The molecule has 0 bridgehead atoms. The van der Waals surface area contributed by atoms with Gasteiger partial charge in [-0.1, -0.05) is 40.0 Å². The van der Waals surface area contributed by atoms with Crippen LogP contribution in [0.4, 0.5) is 0 Å². The van der Waals surface area contributed by atoms with Gasteiger partial charge in [0.2, 0.25) is 0 Å². The summed E-state index contributed by atoms with van der Waals surface area (Å²) in [6.07, 6.45) is 13.4. The van der Waals surface area contributed by atoms with Gasteiger partial charge in [0, 0.05) is 7.92 Å². The van der Waals surface area contributed by atoms with E-state index in [4.69, 9.17) is 0 Å². The Balaban J connectivity index is 0. The molecule has 0 aromatic rings. The summed E-state index contributed by atoms with van der Waals surface area (Å²) >= 11 is 6.56. The van der Waals surface area contributed by atoms with Crippen LogP contribution in [0.3, 0.4) is 0 Å². The second kappa shape index (κ2) is 19.4. The van der Waals surface area contributed by atoms with Gasteiger partial charge in [-0.15, -0.1) is 0 Å². The van der Waals surface area contributed by atoms with Crippen molar-refractivity contribution in [3.05, 3.63) is 0 Å². The molecule has 104 valence electrons. The molecular weight excluding hydrogens is 530 g/mol. The van der Waals surface area contributed by atoms with Crippen LogP contribution in [-0.4, -0.2) is 18.5 Å². The van der Waals surface area contributed by atoms with Gasteiger partial charge in [0.25, 0.3) is 0 Å². The fraction of sp³-hybridized carbons (Fsp3) is 1.00. The molecule has 0 saturated heterocycles. The van der Waals surface area contributed by atoms with E-state index in [0.717, 1.165) is 0 Å². The first kappa shape index (κ1) is 20.4. The van der Waals surface area contributed by atoms with Crippen molar-refractivity contribution in [3.8, 4) is 0 Å². The Kier molecular flexibility index (Phi) is 24.8. The summed E-state index contributed by atoms with van der Waals surface area (Å²) in [5, 5.41) is 0. The van der Waals surface area contributed by atoms with E-state index >= 15 is 0 Å². The molecule has 0 aromatic carbocycles. The summed E-state index contributed by atoms with van der Waals surface area (Å²) in [4.78, 5) is 0. The molecule has 0 amide bonds. The number of rotatable bonds is 9. The van der Waals surface area contributed by atoms with Crippen LogP contribution in [0.25, 0.3) is 0 Å². The van der Waals surface area contributed by atoms with Crippen molar-refractivity contribution >= 4 is 34.5 Å². The molecule has 0 N–H and O–H groups in total. The van der Waals surface area contributed by atoms with Crippen LogP contribution >= 0.6 is 34.5 Å². The molecule has 0 fully saturated rings. The van der Waals surface area contributed by atoms with Crippen molar-refractivity contribution in [1.29, 1.82) is 0 Å². The molecule has 0 rings (SSSR count). The Hall–Kier alpha value is 2.08. The van der Waals surface area contributed by atoms with Gasteiger partial charge in [0.1, 0.15) is 0 Å². The van der Waals surface area contributed by atoms with E-state index in [1.54, 1.807) is 18.5 Å². The normalized spacial score (nSPS) is 10.4. The molecule has 0 aliphatic heterocycles. The maximum absolute atomic E-state index is 3.17. The zero-order valence-electron chi connectivity index (χ0n) is 10.9. The molecule has 0 aromatic heterocycles. The number of hydrogen-bond acceptors (Lipinski definition) is 0. The SMILES string of the molecule is CCCC[PH+](CCCC)CCCC.[Br][Pt][Br]. The van der Waals surface area contributed by atoms with E-state index in [9.17, 15) is 0 Å². The van der Waals surface area contributed by atoms with Crippen LogP contribution in [0, 0.1) is 0 Å². The predicted octanol–water partition coefficient (Wildman–Crippen LogP) is 6.29. The minimum atomic E-state index is 0.0675. The quantitative estimate of drug-likeness (QED) is 0.292. The van der Waals surface area contributed by atoms with Gasteiger partial charge in [-0.25, -0.2) is 0 Å². The first-order valence-electron chi connectivity index (χ1n) is 6.42. The Morgan fingerprint density at radius 1 is 0.750 bits per heavy atom. The third-order valence-electron chi connectivity index (χ3n) is 2.65. The van der Waals surface area contributed by atoms with E-state index in [-0.39, 0.29) is 22.4 Å². The number of halogens is 2. The van der Waals surface area contributed by atoms with Gasteiger partial charge in [-0.3, -0.25) is 0 Å². The molecule has 0 aliphatic carbocycles. The van der Waals surface area contributed by atoms with E-state index in [0.29, 0.717) is 0 Å². The summed E-state index contributed by atoms with van der Waals surface area (Å²) in [6, 6.07) is 0. The van der Waals surface area contributed by atoms with E-state index < -0.39 is 0 Å². The monoisotopic (exact) mass is 556 g/mol. The van der Waals surface area contributed by atoms with Crippen LogP contribution in [0.15, 0.2) is 0 Å². The molecule has 0 unspecified atom stereocenters. The molecular formula is C12H28Br2PPt+. The second-order valence-corrected chi connectivity index (χ2v) is 17.0. The van der Waals surface area contributed by atoms with Crippen molar-refractivity contribution in [2.75, 3.05) is 18.5 Å². The van der Waals surface area contributed by atoms with Gasteiger partial charge in [-0.05, 0) is 19.3 Å². The Morgan fingerprint density at radius 2 is 1.00 bits per heavy atom. The van der Waals surface area contributed by atoms with E-state index in [2.05, 4.69) is 47.4 Å². The number of hydrogen-bond donors (Lipinski definition) is 0. The zero-order chi connectivity index (χ0) is 12.6. The van der Waals surface area contributed by atoms with Gasteiger partial charge < -0.3 is 0 Å². The number of unbranched alkanes of at least 4 members (excludes halogenated alkanes) is 3. The van der Waals surface area contributed by atoms with Gasteiger partial charge in [0.15, 0.2) is 0 Å². The third-order valence-corrected chi connectivity index (χ3v) is 5.83. The summed E-state index contributed by atoms with van der Waals surface area (Å²) < 4.78 is 0. The van der Waals surface area contributed by atoms with Crippen LogP contribution in [0.1, 0.15) is 59.3 Å². The predicted molar refractivity (Wildman–Crippen MR) is 85.5 cm³/mol. The van der Waals surface area contributed by atoms with Crippen molar-refractivity contribution in [1.82, 2.24) is 0 Å². The fourth-order valence-corrected chi connectivity index (χ4v) is 4.97. The standard InChI is InChI=1S/C12H27P.2BrH.Pt/c1-4-7-10-13(11-8-5-2)12-9-6-3;;;/h4-12H2,1-3H3;2*1H;/q;;;+2/p-1. The van der Waals surface area contributed by atoms with Crippen molar-refractivity contribution in [3.63, 3.8) is 0 Å². The van der Waals surface area contributed by atoms with Gasteiger partial charge in [-0.2, -0.15) is 0 Å². The molecule has 0 atom stereocenters.